The van der Waals surface area contributed by atoms with Gasteiger partial charge in [0.2, 0.25) is 5.95 Å². The van der Waals surface area contributed by atoms with Crippen LogP contribution in [0.4, 0.5) is 22.7 Å². The van der Waals surface area contributed by atoms with Crippen molar-refractivity contribution in [3.63, 3.8) is 0 Å². The highest BCUT2D eigenvalue weighted by Crippen LogP contribution is 2.53. The summed E-state index contributed by atoms with van der Waals surface area (Å²) in [6.45, 7) is 12.2. The molecule has 0 amide bonds. The van der Waals surface area contributed by atoms with Gasteiger partial charge in [0.1, 0.15) is 18.2 Å². The molecule has 6 heteroatoms. The van der Waals surface area contributed by atoms with Crippen molar-refractivity contribution >= 4 is 55.6 Å². The Balaban J connectivity index is 1.03. The number of nitrogens with zero attached hydrogens (tertiary/aromatic N) is 5. The Labute approximate surface area is 390 Å². The number of fused-ring (bicyclic) bond motifs is 5. The van der Waals surface area contributed by atoms with Gasteiger partial charge in [0.25, 0.3) is 0 Å². The van der Waals surface area contributed by atoms with Crippen LogP contribution in [0.1, 0.15) is 144 Å². The molecule has 11 rings (SSSR count). The smallest absolute Gasteiger partial charge is 0.215 e. The normalized spacial score (nSPS) is 17.5. The minimum Gasteiger partial charge on any atom is -0.457 e. The molecule has 0 N–H and O–H groups in total. The predicted molar refractivity (Wildman–Crippen MR) is 273 cm³/mol. The fourth-order valence-corrected chi connectivity index (χ4v) is 11.3. The Bertz CT molecular complexity index is 3150. The van der Waals surface area contributed by atoms with Crippen LogP contribution in [0.25, 0.3) is 38.8 Å². The topological polar surface area (TPSA) is 38.5 Å². The molecule has 65 heavy (non-hydrogen) atoms. The molecule has 0 atom stereocenters. The summed E-state index contributed by atoms with van der Waals surface area (Å²) in [5, 5.41) is 2.00. The first-order chi connectivity index (χ1) is 32.6. The van der Waals surface area contributed by atoms with E-state index < -0.39 is 6.98 Å². The molecular weight excluding hydrogens is 795 g/mol. The fraction of sp³-hybridized carbons (Fsp3) is 0.373. The third kappa shape index (κ3) is 7.47. The van der Waals surface area contributed by atoms with Crippen LogP contribution < -0.4 is 14.5 Å². The zero-order chi connectivity index (χ0) is 47.1. The largest absolute Gasteiger partial charge is 0.457 e. The Kier molecular flexibility index (Phi) is 9.51. The molecule has 8 aromatic rings. The van der Waals surface area contributed by atoms with E-state index in [-0.39, 0.29) is 10.8 Å². The number of para-hydroxylation sites is 5. The molecule has 3 heterocycles. The van der Waals surface area contributed by atoms with Crippen molar-refractivity contribution in [3.05, 3.63) is 144 Å². The Morgan fingerprint density at radius 1 is 0.554 bits per heavy atom. The SMILES string of the molecule is [2H]C([2H])([2H])n1c(-n2c3ccccc3c3ccc(Oc4cc(N5CN(c6c(C7CCCCC7)cc(C(C)(C)C)cc6C6CCCCC6)c6ccccc65)cc(C(C)(C)C)c4)cc32)nc2ccccc21. The van der Waals surface area contributed by atoms with Gasteiger partial charge in [-0.3, -0.25) is 4.57 Å². The van der Waals surface area contributed by atoms with Crippen molar-refractivity contribution < 1.29 is 8.85 Å². The van der Waals surface area contributed by atoms with Crippen LogP contribution in [-0.2, 0) is 17.8 Å². The number of rotatable bonds is 7. The highest BCUT2D eigenvalue weighted by molar-refractivity contribution is 6.09. The summed E-state index contributed by atoms with van der Waals surface area (Å²) in [5.74, 6) is 2.86. The highest BCUT2D eigenvalue weighted by atomic mass is 16.5. The molecule has 0 bridgehead atoms. The van der Waals surface area contributed by atoms with E-state index in [0.717, 1.165) is 33.2 Å². The Morgan fingerprint density at radius 3 is 1.80 bits per heavy atom. The van der Waals surface area contributed by atoms with Crippen LogP contribution in [0.3, 0.4) is 0 Å². The number of aryl methyl sites for hydroxylation is 1. The number of ether oxygens (including phenoxy) is 1. The summed E-state index contributed by atoms with van der Waals surface area (Å²) in [6.07, 6.45) is 12.9. The quantitative estimate of drug-likeness (QED) is 0.160. The summed E-state index contributed by atoms with van der Waals surface area (Å²) in [7, 11) is 0. The van der Waals surface area contributed by atoms with E-state index in [1.54, 1.807) is 11.1 Å². The van der Waals surface area contributed by atoms with E-state index in [2.05, 4.69) is 118 Å². The summed E-state index contributed by atoms with van der Waals surface area (Å²) < 4.78 is 36.3. The molecule has 2 saturated carbocycles. The maximum absolute atomic E-state index is 8.65. The number of benzene rings is 6. The summed E-state index contributed by atoms with van der Waals surface area (Å²) in [4.78, 5) is 10.2. The molecule has 1 aliphatic heterocycles. The van der Waals surface area contributed by atoms with E-state index in [4.69, 9.17) is 13.8 Å². The van der Waals surface area contributed by atoms with Crippen LogP contribution >= 0.6 is 0 Å². The van der Waals surface area contributed by atoms with Crippen LogP contribution in [-0.4, -0.2) is 20.8 Å². The van der Waals surface area contributed by atoms with Crippen molar-refractivity contribution in [3.8, 4) is 17.4 Å². The molecule has 332 valence electrons. The Hall–Kier alpha value is -6.01. The van der Waals surface area contributed by atoms with Gasteiger partial charge in [-0.1, -0.05) is 135 Å². The number of aromatic nitrogens is 3. The van der Waals surface area contributed by atoms with Gasteiger partial charge in [-0.15, -0.1) is 0 Å². The van der Waals surface area contributed by atoms with Gasteiger partial charge >= 0.3 is 0 Å². The first-order valence-corrected chi connectivity index (χ1v) is 24.3. The average Bonchev–Trinajstić information content (AvgIpc) is 4.01. The van der Waals surface area contributed by atoms with Gasteiger partial charge in [-0.05, 0) is 125 Å². The molecule has 3 aliphatic rings. The van der Waals surface area contributed by atoms with Crippen molar-refractivity contribution in [2.75, 3.05) is 16.5 Å². The summed E-state index contributed by atoms with van der Waals surface area (Å²) in [6, 6.07) is 42.7. The van der Waals surface area contributed by atoms with Gasteiger partial charge < -0.3 is 19.1 Å². The lowest BCUT2D eigenvalue weighted by Crippen LogP contribution is -2.28. The van der Waals surface area contributed by atoms with Gasteiger partial charge in [0.15, 0.2) is 0 Å². The van der Waals surface area contributed by atoms with E-state index in [1.165, 1.54) is 97.0 Å². The third-order valence-electron chi connectivity index (χ3n) is 14.8. The minimum atomic E-state index is -2.46. The molecule has 0 saturated heterocycles. The second-order valence-electron chi connectivity index (χ2n) is 21.2. The van der Waals surface area contributed by atoms with Crippen molar-refractivity contribution in [2.24, 2.45) is 6.98 Å². The van der Waals surface area contributed by atoms with Crippen LogP contribution in [0.2, 0.25) is 0 Å². The van der Waals surface area contributed by atoms with Gasteiger partial charge in [-0.25, -0.2) is 4.98 Å². The maximum atomic E-state index is 8.65. The highest BCUT2D eigenvalue weighted by Gasteiger charge is 2.36. The van der Waals surface area contributed by atoms with Crippen LogP contribution in [0, 0.1) is 0 Å². The predicted octanol–water partition coefficient (Wildman–Crippen LogP) is 16.4. The molecule has 2 fully saturated rings. The lowest BCUT2D eigenvalue weighted by Gasteiger charge is -2.36. The second kappa shape index (κ2) is 16.2. The molecule has 0 unspecified atom stereocenters. The minimum absolute atomic E-state index is 0.0554. The summed E-state index contributed by atoms with van der Waals surface area (Å²) in [5.41, 5.74) is 13.6. The fourth-order valence-electron chi connectivity index (χ4n) is 11.3. The monoisotopic (exact) mass is 863 g/mol. The molecule has 0 spiro atoms. The van der Waals surface area contributed by atoms with Crippen LogP contribution in [0.15, 0.2) is 121 Å². The summed E-state index contributed by atoms with van der Waals surface area (Å²) >= 11 is 0. The molecule has 2 aromatic heterocycles. The number of hydrogen-bond acceptors (Lipinski definition) is 4. The van der Waals surface area contributed by atoms with Gasteiger partial charge in [0, 0.05) is 45.4 Å². The van der Waals surface area contributed by atoms with E-state index in [0.29, 0.717) is 41.2 Å². The standard InChI is InChI=1S/C59H65N5O/c1-58(2,3)41-32-43(36-45(33-41)65-44-30-31-47-46-24-14-16-26-51(46)64(55(47)37-44)57-60-50-25-15-17-27-52(50)61(57)7)62-38-63(54-29-19-18-28-53(54)62)56-48(39-20-10-8-11-21-39)34-42(59(4,5)6)35-49(56)40-22-12-9-13-23-40/h14-19,24-37,39-40H,8-13,20-23,38H2,1-7H3/i7D3. The van der Waals surface area contributed by atoms with E-state index >= 15 is 0 Å². The number of hydrogen-bond donors (Lipinski definition) is 0. The van der Waals surface area contributed by atoms with Gasteiger partial charge in [0.05, 0.1) is 33.4 Å². The first-order valence-electron chi connectivity index (χ1n) is 25.8. The zero-order valence-corrected chi connectivity index (χ0v) is 39.1. The van der Waals surface area contributed by atoms with Gasteiger partial charge in [-0.2, -0.15) is 0 Å². The first kappa shape index (κ1) is 38.3. The lowest BCUT2D eigenvalue weighted by molar-refractivity contribution is 0.434. The zero-order valence-electron chi connectivity index (χ0n) is 42.1. The molecular formula is C59H65N5O. The molecule has 2 aliphatic carbocycles. The van der Waals surface area contributed by atoms with Crippen molar-refractivity contribution in [1.82, 2.24) is 14.1 Å². The molecule has 6 aromatic carbocycles. The Morgan fingerprint density at radius 2 is 1.14 bits per heavy atom. The van der Waals surface area contributed by atoms with Crippen LogP contribution in [0.5, 0.6) is 11.5 Å². The number of anilines is 4. The molecule has 6 nitrogen and oxygen atoms in total. The third-order valence-corrected chi connectivity index (χ3v) is 14.8. The van der Waals surface area contributed by atoms with Crippen molar-refractivity contribution in [1.29, 1.82) is 0 Å². The van der Waals surface area contributed by atoms with E-state index in [9.17, 15) is 0 Å². The lowest BCUT2D eigenvalue weighted by atomic mass is 9.74. The molecule has 0 radical (unpaired) electrons. The number of imidazole rings is 1. The van der Waals surface area contributed by atoms with Crippen molar-refractivity contribution in [2.45, 2.75) is 128 Å². The average molecular weight is 863 g/mol. The maximum Gasteiger partial charge on any atom is 0.215 e. The second-order valence-corrected chi connectivity index (χ2v) is 21.2. The van der Waals surface area contributed by atoms with E-state index in [1.807, 2.05) is 59.2 Å².